The molecule has 11 heavy (non-hydrogen) atoms. The van der Waals surface area contributed by atoms with Gasteiger partial charge in [0.05, 0.1) is 12.3 Å². The number of nitrogens with zero attached hydrogens (tertiary/aromatic N) is 1. The number of aryl methyl sites for hydroxylation is 2. The minimum atomic E-state index is 0.734. The van der Waals surface area contributed by atoms with Crippen molar-refractivity contribution in [2.24, 2.45) is 0 Å². The Kier molecular flexibility index (Phi) is 1.66. The average molecular weight is 152 g/mol. The standard InChI is InChI=1S/C8H12N2O/c1-6-7-5-11-4-2-3-8(7)10-9-6/h2-5H2,1H3,(H,9,10). The van der Waals surface area contributed by atoms with Gasteiger partial charge in [0.25, 0.3) is 0 Å². The van der Waals surface area contributed by atoms with Crippen LogP contribution in [0.5, 0.6) is 0 Å². The second kappa shape index (κ2) is 2.66. The summed E-state index contributed by atoms with van der Waals surface area (Å²) in [5, 5.41) is 7.19. The van der Waals surface area contributed by atoms with E-state index >= 15 is 0 Å². The van der Waals surface area contributed by atoms with Crippen LogP contribution in [0.3, 0.4) is 0 Å². The van der Waals surface area contributed by atoms with E-state index in [0.717, 1.165) is 31.7 Å². The van der Waals surface area contributed by atoms with E-state index in [1.807, 2.05) is 6.92 Å². The molecule has 0 aromatic carbocycles. The Hall–Kier alpha value is -0.830. The molecule has 2 rings (SSSR count). The van der Waals surface area contributed by atoms with E-state index in [9.17, 15) is 0 Å². The van der Waals surface area contributed by atoms with Gasteiger partial charge in [-0.15, -0.1) is 0 Å². The van der Waals surface area contributed by atoms with Crippen molar-refractivity contribution < 1.29 is 4.74 Å². The van der Waals surface area contributed by atoms with Crippen molar-refractivity contribution >= 4 is 0 Å². The Labute approximate surface area is 65.8 Å². The topological polar surface area (TPSA) is 37.9 Å². The van der Waals surface area contributed by atoms with Crippen molar-refractivity contribution in [2.75, 3.05) is 6.61 Å². The van der Waals surface area contributed by atoms with Crippen LogP contribution in [0, 0.1) is 6.92 Å². The third kappa shape index (κ3) is 1.16. The van der Waals surface area contributed by atoms with Gasteiger partial charge >= 0.3 is 0 Å². The summed E-state index contributed by atoms with van der Waals surface area (Å²) in [7, 11) is 0. The summed E-state index contributed by atoms with van der Waals surface area (Å²) in [6, 6.07) is 0. The molecule has 1 aromatic rings. The van der Waals surface area contributed by atoms with Crippen molar-refractivity contribution in [1.29, 1.82) is 0 Å². The van der Waals surface area contributed by atoms with Gasteiger partial charge in [-0.05, 0) is 19.8 Å². The van der Waals surface area contributed by atoms with Crippen molar-refractivity contribution in [1.82, 2.24) is 10.2 Å². The van der Waals surface area contributed by atoms with Crippen LogP contribution >= 0.6 is 0 Å². The molecule has 3 nitrogen and oxygen atoms in total. The van der Waals surface area contributed by atoms with Crippen molar-refractivity contribution in [2.45, 2.75) is 26.4 Å². The van der Waals surface area contributed by atoms with Crippen molar-refractivity contribution in [3.05, 3.63) is 17.0 Å². The number of rotatable bonds is 0. The Balaban J connectivity index is 2.35. The summed E-state index contributed by atoms with van der Waals surface area (Å²) in [6.45, 7) is 3.65. The molecule has 0 atom stereocenters. The van der Waals surface area contributed by atoms with Gasteiger partial charge in [0, 0.05) is 17.9 Å². The normalized spacial score (nSPS) is 17.5. The summed E-state index contributed by atoms with van der Waals surface area (Å²) in [5.74, 6) is 0. The lowest BCUT2D eigenvalue weighted by atomic mass is 10.1. The highest BCUT2D eigenvalue weighted by molar-refractivity contribution is 5.24. The van der Waals surface area contributed by atoms with Crippen LogP contribution in [0.1, 0.15) is 23.4 Å². The molecule has 1 aromatic heterocycles. The highest BCUT2D eigenvalue weighted by Gasteiger charge is 2.12. The minimum absolute atomic E-state index is 0.734. The summed E-state index contributed by atoms with van der Waals surface area (Å²) < 4.78 is 5.40. The first kappa shape index (κ1) is 6.85. The van der Waals surface area contributed by atoms with Crippen LogP contribution in [0.25, 0.3) is 0 Å². The Bertz CT molecular complexity index is 255. The Morgan fingerprint density at radius 2 is 2.45 bits per heavy atom. The molecule has 0 fully saturated rings. The molecule has 0 radical (unpaired) electrons. The lowest BCUT2D eigenvalue weighted by Crippen LogP contribution is -1.91. The Morgan fingerprint density at radius 3 is 3.36 bits per heavy atom. The van der Waals surface area contributed by atoms with E-state index in [1.165, 1.54) is 11.3 Å². The zero-order valence-corrected chi connectivity index (χ0v) is 6.68. The van der Waals surface area contributed by atoms with Crippen molar-refractivity contribution in [3.63, 3.8) is 0 Å². The number of ether oxygens (including phenoxy) is 1. The first-order valence-electron chi connectivity index (χ1n) is 3.98. The predicted octanol–water partition coefficient (Wildman–Crippen LogP) is 1.18. The summed E-state index contributed by atoms with van der Waals surface area (Å²) in [6.07, 6.45) is 2.15. The van der Waals surface area contributed by atoms with E-state index < -0.39 is 0 Å². The number of H-pyrrole nitrogens is 1. The maximum Gasteiger partial charge on any atom is 0.0752 e. The van der Waals surface area contributed by atoms with Gasteiger partial charge in [-0.25, -0.2) is 0 Å². The number of fused-ring (bicyclic) bond motifs is 1. The van der Waals surface area contributed by atoms with E-state index in [0.29, 0.717) is 0 Å². The largest absolute Gasteiger partial charge is 0.377 e. The maximum absolute atomic E-state index is 5.40. The third-order valence-electron chi connectivity index (χ3n) is 2.11. The fraction of sp³-hybridized carbons (Fsp3) is 0.625. The quantitative estimate of drug-likeness (QED) is 0.606. The van der Waals surface area contributed by atoms with Crippen LogP contribution in [-0.2, 0) is 17.8 Å². The summed E-state index contributed by atoms with van der Waals surface area (Å²) in [5.41, 5.74) is 3.62. The molecule has 0 spiro atoms. The molecular weight excluding hydrogens is 140 g/mol. The van der Waals surface area contributed by atoms with E-state index in [4.69, 9.17) is 4.74 Å². The van der Waals surface area contributed by atoms with Crippen molar-refractivity contribution in [3.8, 4) is 0 Å². The molecule has 60 valence electrons. The molecule has 0 saturated heterocycles. The van der Waals surface area contributed by atoms with Gasteiger partial charge in [0.15, 0.2) is 0 Å². The van der Waals surface area contributed by atoms with E-state index in [1.54, 1.807) is 0 Å². The zero-order chi connectivity index (χ0) is 7.68. The van der Waals surface area contributed by atoms with E-state index in [-0.39, 0.29) is 0 Å². The zero-order valence-electron chi connectivity index (χ0n) is 6.68. The molecule has 1 N–H and O–H groups in total. The second-order valence-electron chi connectivity index (χ2n) is 2.93. The SMILES string of the molecule is Cc1[nH]nc2c1COCCC2. The number of aromatic amines is 1. The van der Waals surface area contributed by atoms with Crippen LogP contribution in [0.15, 0.2) is 0 Å². The average Bonchev–Trinajstić information content (AvgIpc) is 2.25. The maximum atomic E-state index is 5.40. The highest BCUT2D eigenvalue weighted by Crippen LogP contribution is 2.16. The van der Waals surface area contributed by atoms with Crippen LogP contribution < -0.4 is 0 Å². The lowest BCUT2D eigenvalue weighted by molar-refractivity contribution is 0.124. The molecule has 0 aliphatic carbocycles. The van der Waals surface area contributed by atoms with Gasteiger partial charge in [0.2, 0.25) is 0 Å². The molecule has 0 saturated carbocycles. The lowest BCUT2D eigenvalue weighted by Gasteiger charge is -1.96. The predicted molar refractivity (Wildman–Crippen MR) is 41.3 cm³/mol. The summed E-state index contributed by atoms with van der Waals surface area (Å²) >= 11 is 0. The highest BCUT2D eigenvalue weighted by atomic mass is 16.5. The molecule has 0 unspecified atom stereocenters. The van der Waals surface area contributed by atoms with Gasteiger partial charge in [-0.2, -0.15) is 5.10 Å². The van der Waals surface area contributed by atoms with Gasteiger partial charge in [-0.1, -0.05) is 0 Å². The molecular formula is C8H12N2O. The molecule has 0 amide bonds. The van der Waals surface area contributed by atoms with Gasteiger partial charge < -0.3 is 4.74 Å². The monoisotopic (exact) mass is 152 g/mol. The number of nitrogens with one attached hydrogen (secondary N) is 1. The van der Waals surface area contributed by atoms with Crippen LogP contribution in [0.4, 0.5) is 0 Å². The molecule has 1 aliphatic heterocycles. The third-order valence-corrected chi connectivity index (χ3v) is 2.11. The second-order valence-corrected chi connectivity index (χ2v) is 2.93. The number of aromatic nitrogens is 2. The first-order chi connectivity index (χ1) is 5.38. The fourth-order valence-corrected chi connectivity index (χ4v) is 1.42. The molecule has 3 heteroatoms. The van der Waals surface area contributed by atoms with Gasteiger partial charge in [0.1, 0.15) is 0 Å². The molecule has 2 heterocycles. The summed E-state index contributed by atoms with van der Waals surface area (Å²) in [4.78, 5) is 0. The van der Waals surface area contributed by atoms with Crippen LogP contribution in [-0.4, -0.2) is 16.8 Å². The first-order valence-corrected chi connectivity index (χ1v) is 3.98. The number of hydrogen-bond acceptors (Lipinski definition) is 2. The minimum Gasteiger partial charge on any atom is -0.377 e. The van der Waals surface area contributed by atoms with Gasteiger partial charge in [-0.3, -0.25) is 5.10 Å². The van der Waals surface area contributed by atoms with E-state index in [2.05, 4.69) is 10.2 Å². The smallest absolute Gasteiger partial charge is 0.0752 e. The molecule has 1 aliphatic rings. The Morgan fingerprint density at radius 1 is 1.55 bits per heavy atom. The molecule has 0 bridgehead atoms. The van der Waals surface area contributed by atoms with Crippen LogP contribution in [0.2, 0.25) is 0 Å². The fourth-order valence-electron chi connectivity index (χ4n) is 1.42. The number of hydrogen-bond donors (Lipinski definition) is 1.